The molecule has 0 spiro atoms. The lowest BCUT2D eigenvalue weighted by Crippen LogP contribution is -2.43. The molecule has 1 fully saturated rings. The van der Waals surface area contributed by atoms with Crippen LogP contribution in [0.5, 0.6) is 5.88 Å². The molecule has 3 aromatic heterocycles. The zero-order valence-electron chi connectivity index (χ0n) is 20.1. The summed E-state index contributed by atoms with van der Waals surface area (Å²) in [5, 5.41) is 7.63. The zero-order chi connectivity index (χ0) is 24.6. The normalized spacial score (nSPS) is 18.3. The first-order valence-electron chi connectivity index (χ1n) is 12.3. The van der Waals surface area contributed by atoms with Crippen LogP contribution in [0.25, 0.3) is 27.7 Å². The lowest BCUT2D eigenvalue weighted by molar-refractivity contribution is -0.132. The molecule has 0 saturated carbocycles. The van der Waals surface area contributed by atoms with Crippen LogP contribution in [0.2, 0.25) is 0 Å². The largest absolute Gasteiger partial charge is 0.478 e. The van der Waals surface area contributed by atoms with E-state index in [4.69, 9.17) is 15.5 Å². The van der Waals surface area contributed by atoms with Crippen LogP contribution in [-0.4, -0.2) is 63.2 Å². The molecule has 1 unspecified atom stereocenters. The molecule has 0 radical (unpaired) electrons. The van der Waals surface area contributed by atoms with Crippen molar-refractivity contribution in [2.24, 2.45) is 5.92 Å². The van der Waals surface area contributed by atoms with E-state index in [0.29, 0.717) is 29.9 Å². The summed E-state index contributed by atoms with van der Waals surface area (Å²) >= 11 is 1.63. The van der Waals surface area contributed by atoms with Gasteiger partial charge >= 0.3 is 0 Å². The van der Waals surface area contributed by atoms with E-state index in [1.807, 2.05) is 48.6 Å². The highest BCUT2D eigenvalue weighted by atomic mass is 32.2. The topological polar surface area (TPSA) is 98.6 Å². The summed E-state index contributed by atoms with van der Waals surface area (Å²) in [5.41, 5.74) is 10.6. The van der Waals surface area contributed by atoms with Gasteiger partial charge in [-0.1, -0.05) is 24.3 Å². The lowest BCUT2D eigenvalue weighted by Gasteiger charge is -2.33. The molecule has 6 rings (SSSR count). The van der Waals surface area contributed by atoms with Crippen LogP contribution in [-0.2, 0) is 4.79 Å². The number of nitrogens with zero attached hydrogens (tertiary/aromatic N) is 5. The molecule has 36 heavy (non-hydrogen) atoms. The Balaban J connectivity index is 1.18. The highest BCUT2D eigenvalue weighted by Gasteiger charge is 2.29. The molecule has 2 N–H and O–H groups in total. The van der Waals surface area contributed by atoms with E-state index in [2.05, 4.69) is 22.2 Å². The molecule has 2 aliphatic rings. The second kappa shape index (κ2) is 9.50. The molecular formula is C26H27BN6O2S. The molecule has 1 atom stereocenters. The van der Waals surface area contributed by atoms with E-state index in [9.17, 15) is 4.79 Å². The third-order valence-corrected chi connectivity index (χ3v) is 8.20. The standard InChI is InChI=1S/C26H27BN6O2S/c27-22-23(28)33-24(19(14-30-33)18-12-17-4-1-2-5-20(17)29-13-18)31-25(22)35-15-16-7-9-32(10-8-16)26(34)21-6-3-11-36-21/h1-5,11-14,16,21H,6-10,15,27-28H2. The maximum Gasteiger partial charge on any atom is 0.236 e. The maximum atomic E-state index is 12.7. The molecule has 8 nitrogen and oxygen atoms in total. The van der Waals surface area contributed by atoms with E-state index in [1.54, 1.807) is 22.5 Å². The van der Waals surface area contributed by atoms with Gasteiger partial charge in [-0.05, 0) is 42.7 Å². The highest BCUT2D eigenvalue weighted by molar-refractivity contribution is 8.03. The Labute approximate surface area is 214 Å². The van der Waals surface area contributed by atoms with Crippen molar-refractivity contribution in [3.05, 3.63) is 54.2 Å². The average molecular weight is 498 g/mol. The maximum absolute atomic E-state index is 12.7. The van der Waals surface area contributed by atoms with Crippen LogP contribution in [0.4, 0.5) is 5.82 Å². The number of piperidine rings is 1. The number of nitrogen functional groups attached to an aromatic ring is 1. The number of thioether (sulfide) groups is 1. The Kier molecular flexibility index (Phi) is 6.04. The molecule has 1 aromatic carbocycles. The van der Waals surface area contributed by atoms with Gasteiger partial charge in [-0.15, -0.1) is 11.8 Å². The first-order valence-corrected chi connectivity index (χ1v) is 13.2. The van der Waals surface area contributed by atoms with Crippen molar-refractivity contribution >= 4 is 53.3 Å². The molecular weight excluding hydrogens is 471 g/mol. The Bertz CT molecular complexity index is 1470. The summed E-state index contributed by atoms with van der Waals surface area (Å²) in [7, 11) is 1.91. The first kappa shape index (κ1) is 22.9. The number of ether oxygens (including phenoxy) is 1. The monoisotopic (exact) mass is 498 g/mol. The summed E-state index contributed by atoms with van der Waals surface area (Å²) in [4.78, 5) is 24.1. The predicted octanol–water partition coefficient (Wildman–Crippen LogP) is 2.42. The predicted molar refractivity (Wildman–Crippen MR) is 146 cm³/mol. The van der Waals surface area contributed by atoms with Crippen LogP contribution in [0, 0.1) is 5.92 Å². The quantitative estimate of drug-likeness (QED) is 0.422. The van der Waals surface area contributed by atoms with Gasteiger partial charge in [0, 0.05) is 41.3 Å². The van der Waals surface area contributed by atoms with Gasteiger partial charge in [-0.2, -0.15) is 14.6 Å². The third-order valence-electron chi connectivity index (χ3n) is 7.13. The highest BCUT2D eigenvalue weighted by Crippen LogP contribution is 2.29. The fourth-order valence-corrected chi connectivity index (χ4v) is 5.80. The number of rotatable bonds is 5. The van der Waals surface area contributed by atoms with Crippen molar-refractivity contribution < 1.29 is 9.53 Å². The number of amides is 1. The van der Waals surface area contributed by atoms with Crippen LogP contribution in [0.1, 0.15) is 19.3 Å². The van der Waals surface area contributed by atoms with Gasteiger partial charge in [0.25, 0.3) is 0 Å². The van der Waals surface area contributed by atoms with Crippen molar-refractivity contribution in [3.63, 3.8) is 0 Å². The van der Waals surface area contributed by atoms with E-state index in [-0.39, 0.29) is 11.2 Å². The number of benzene rings is 1. The molecule has 5 heterocycles. The Morgan fingerprint density at radius 3 is 2.86 bits per heavy atom. The van der Waals surface area contributed by atoms with Crippen LogP contribution in [0.15, 0.2) is 54.2 Å². The first-order chi connectivity index (χ1) is 17.6. The van der Waals surface area contributed by atoms with Crippen molar-refractivity contribution in [2.45, 2.75) is 24.5 Å². The summed E-state index contributed by atoms with van der Waals surface area (Å²) in [6.07, 6.45) is 8.38. The van der Waals surface area contributed by atoms with Gasteiger partial charge < -0.3 is 15.4 Å². The van der Waals surface area contributed by atoms with Crippen molar-refractivity contribution in [2.75, 3.05) is 25.4 Å². The van der Waals surface area contributed by atoms with Crippen LogP contribution < -0.4 is 15.9 Å². The van der Waals surface area contributed by atoms with Crippen LogP contribution in [0.3, 0.4) is 0 Å². The number of hydrogen-bond acceptors (Lipinski definition) is 7. The summed E-state index contributed by atoms with van der Waals surface area (Å²) in [6, 6.07) is 10.1. The van der Waals surface area contributed by atoms with E-state index in [1.165, 1.54) is 0 Å². The number of anilines is 1. The summed E-state index contributed by atoms with van der Waals surface area (Å²) in [5.74, 6) is 1.67. The number of hydrogen-bond donors (Lipinski definition) is 1. The number of carbonyl (C=O) groups is 1. The van der Waals surface area contributed by atoms with Crippen LogP contribution >= 0.6 is 11.8 Å². The van der Waals surface area contributed by atoms with E-state index in [0.717, 1.165) is 59.8 Å². The number of carbonyl (C=O) groups excluding carboxylic acids is 1. The number of likely N-dealkylation sites (tertiary alicyclic amines) is 1. The second-order valence-electron chi connectivity index (χ2n) is 9.45. The Morgan fingerprint density at radius 1 is 1.22 bits per heavy atom. The molecule has 10 heteroatoms. The lowest BCUT2D eigenvalue weighted by atomic mass is 9.96. The number of nitrogens with two attached hydrogens (primary N) is 1. The minimum Gasteiger partial charge on any atom is -0.478 e. The van der Waals surface area contributed by atoms with Gasteiger partial charge in [0.05, 0.1) is 23.6 Å². The smallest absolute Gasteiger partial charge is 0.236 e. The number of para-hydroxylation sites is 1. The Hall–Kier alpha value is -3.53. The molecule has 182 valence electrons. The summed E-state index contributed by atoms with van der Waals surface area (Å²) < 4.78 is 7.89. The van der Waals surface area contributed by atoms with Gasteiger partial charge in [-0.3, -0.25) is 9.78 Å². The van der Waals surface area contributed by atoms with Gasteiger partial charge in [0.2, 0.25) is 11.8 Å². The number of pyridine rings is 1. The molecule has 2 aliphatic heterocycles. The molecule has 1 amide bonds. The van der Waals surface area contributed by atoms with E-state index < -0.39 is 0 Å². The minimum atomic E-state index is 0.0574. The van der Waals surface area contributed by atoms with Gasteiger partial charge in [0.1, 0.15) is 5.82 Å². The second-order valence-corrected chi connectivity index (χ2v) is 10.6. The number of allylic oxidation sites excluding steroid dienone is 1. The molecule has 1 saturated heterocycles. The van der Waals surface area contributed by atoms with E-state index >= 15 is 0 Å². The fourth-order valence-electron chi connectivity index (χ4n) is 4.90. The number of fused-ring (bicyclic) bond motifs is 2. The zero-order valence-corrected chi connectivity index (χ0v) is 20.9. The SMILES string of the molecule is Bc1c(OCC2CCN(C(=O)C3CC=CS3)CC2)nc2c(-c3cnc4ccccc4c3)cnn2c1N. The fraction of sp³-hybridized carbons (Fsp3) is 0.308. The average Bonchev–Trinajstić information content (AvgIpc) is 3.60. The number of aromatic nitrogens is 4. The molecule has 0 bridgehead atoms. The summed E-state index contributed by atoms with van der Waals surface area (Å²) in [6.45, 7) is 2.10. The third kappa shape index (κ3) is 4.19. The molecule has 4 aromatic rings. The Morgan fingerprint density at radius 2 is 2.06 bits per heavy atom. The molecule has 0 aliphatic carbocycles. The van der Waals surface area contributed by atoms with Crippen molar-refractivity contribution in [1.82, 2.24) is 24.5 Å². The van der Waals surface area contributed by atoms with Gasteiger partial charge in [0.15, 0.2) is 13.5 Å². The minimum absolute atomic E-state index is 0.0574. The van der Waals surface area contributed by atoms with Crippen molar-refractivity contribution in [3.8, 4) is 17.0 Å². The van der Waals surface area contributed by atoms with Crippen molar-refractivity contribution in [1.29, 1.82) is 0 Å². The van der Waals surface area contributed by atoms with Gasteiger partial charge in [-0.25, -0.2) is 0 Å².